The van der Waals surface area contributed by atoms with E-state index in [4.69, 9.17) is 8.92 Å². The third-order valence-corrected chi connectivity index (χ3v) is 6.11. The fourth-order valence-electron chi connectivity index (χ4n) is 3.29. The van der Waals surface area contributed by atoms with Crippen molar-refractivity contribution < 1.29 is 21.7 Å². The Bertz CT molecular complexity index is 1120. The highest BCUT2D eigenvalue weighted by Gasteiger charge is 2.26. The SMILES string of the molecule is Cc1ccc(S(=O)(=O)OCC2CCc3cc(F)cc(-c4ccccn4)c3O2)cc1. The molecular formula is C22H20FNO4S. The summed E-state index contributed by atoms with van der Waals surface area (Å²) in [6.07, 6.45) is 2.26. The molecule has 150 valence electrons. The summed E-state index contributed by atoms with van der Waals surface area (Å²) in [6, 6.07) is 14.7. The number of nitrogens with zero attached hydrogens (tertiary/aromatic N) is 1. The average molecular weight is 413 g/mol. The van der Waals surface area contributed by atoms with Gasteiger partial charge in [0.1, 0.15) is 24.3 Å². The van der Waals surface area contributed by atoms with Gasteiger partial charge in [0.05, 0.1) is 10.6 Å². The summed E-state index contributed by atoms with van der Waals surface area (Å²) in [6.45, 7) is 1.77. The third kappa shape index (κ3) is 4.31. The van der Waals surface area contributed by atoms with Crippen LogP contribution in [0.15, 0.2) is 65.7 Å². The smallest absolute Gasteiger partial charge is 0.297 e. The maximum atomic E-state index is 14.1. The fourth-order valence-corrected chi connectivity index (χ4v) is 4.22. The van der Waals surface area contributed by atoms with Gasteiger partial charge in [-0.2, -0.15) is 8.42 Å². The molecule has 1 atom stereocenters. The van der Waals surface area contributed by atoms with Gasteiger partial charge in [-0.05, 0) is 61.7 Å². The monoisotopic (exact) mass is 413 g/mol. The zero-order chi connectivity index (χ0) is 20.4. The van der Waals surface area contributed by atoms with E-state index < -0.39 is 16.2 Å². The Balaban J connectivity index is 1.54. The molecule has 0 radical (unpaired) electrons. The quantitative estimate of drug-likeness (QED) is 0.584. The van der Waals surface area contributed by atoms with Crippen molar-refractivity contribution in [3.8, 4) is 17.0 Å². The molecule has 0 bridgehead atoms. The molecular weight excluding hydrogens is 393 g/mol. The number of aromatic nitrogens is 1. The molecule has 0 spiro atoms. The Kier molecular flexibility index (Phi) is 5.34. The van der Waals surface area contributed by atoms with Crippen LogP contribution < -0.4 is 4.74 Å². The molecule has 0 amide bonds. The highest BCUT2D eigenvalue weighted by Crippen LogP contribution is 2.38. The molecule has 0 N–H and O–H groups in total. The lowest BCUT2D eigenvalue weighted by Crippen LogP contribution is -2.29. The van der Waals surface area contributed by atoms with Gasteiger partial charge in [-0.15, -0.1) is 0 Å². The van der Waals surface area contributed by atoms with Crippen LogP contribution in [0.4, 0.5) is 4.39 Å². The van der Waals surface area contributed by atoms with Crippen molar-refractivity contribution in [3.05, 3.63) is 77.7 Å². The van der Waals surface area contributed by atoms with E-state index in [9.17, 15) is 12.8 Å². The maximum absolute atomic E-state index is 14.1. The molecule has 7 heteroatoms. The molecule has 5 nitrogen and oxygen atoms in total. The van der Waals surface area contributed by atoms with Crippen molar-refractivity contribution in [1.29, 1.82) is 0 Å². The second-order valence-corrected chi connectivity index (χ2v) is 8.60. The van der Waals surface area contributed by atoms with E-state index in [1.54, 1.807) is 30.5 Å². The normalized spacial score (nSPS) is 16.1. The Morgan fingerprint density at radius 2 is 1.97 bits per heavy atom. The predicted octanol–water partition coefficient (Wildman–Crippen LogP) is 4.30. The summed E-state index contributed by atoms with van der Waals surface area (Å²) in [5.74, 6) is 0.169. The fraction of sp³-hybridized carbons (Fsp3) is 0.227. The molecule has 2 heterocycles. The van der Waals surface area contributed by atoms with Crippen molar-refractivity contribution in [3.63, 3.8) is 0 Å². The Morgan fingerprint density at radius 3 is 2.69 bits per heavy atom. The largest absolute Gasteiger partial charge is 0.487 e. The maximum Gasteiger partial charge on any atom is 0.297 e. The van der Waals surface area contributed by atoms with E-state index in [1.807, 2.05) is 13.0 Å². The van der Waals surface area contributed by atoms with Gasteiger partial charge in [0.15, 0.2) is 0 Å². The number of rotatable bonds is 5. The van der Waals surface area contributed by atoms with Crippen molar-refractivity contribution in [1.82, 2.24) is 4.98 Å². The Hall–Kier alpha value is -2.77. The molecule has 4 rings (SSSR count). The minimum absolute atomic E-state index is 0.107. The van der Waals surface area contributed by atoms with Crippen LogP contribution in [0.1, 0.15) is 17.5 Å². The zero-order valence-corrected chi connectivity index (χ0v) is 16.7. The van der Waals surface area contributed by atoms with Gasteiger partial charge in [0.2, 0.25) is 0 Å². The Morgan fingerprint density at radius 1 is 1.17 bits per heavy atom. The van der Waals surface area contributed by atoms with Gasteiger partial charge in [-0.1, -0.05) is 23.8 Å². The summed E-state index contributed by atoms with van der Waals surface area (Å²) in [5.41, 5.74) is 2.84. The number of aryl methyl sites for hydroxylation is 2. The third-order valence-electron chi connectivity index (χ3n) is 4.81. The summed E-state index contributed by atoms with van der Waals surface area (Å²) in [4.78, 5) is 4.39. The second-order valence-electron chi connectivity index (χ2n) is 6.99. The molecule has 0 fully saturated rings. The van der Waals surface area contributed by atoms with Crippen LogP contribution in [0.3, 0.4) is 0 Å². The highest BCUT2D eigenvalue weighted by atomic mass is 32.2. The molecule has 1 aliphatic heterocycles. The minimum atomic E-state index is -3.88. The van der Waals surface area contributed by atoms with E-state index in [2.05, 4.69) is 4.98 Å². The lowest BCUT2D eigenvalue weighted by molar-refractivity contribution is 0.113. The number of benzene rings is 2. The van der Waals surface area contributed by atoms with Crippen LogP contribution in [0.5, 0.6) is 5.75 Å². The molecule has 0 aliphatic carbocycles. The first kappa shape index (κ1) is 19.5. The van der Waals surface area contributed by atoms with E-state index in [0.29, 0.717) is 29.8 Å². The van der Waals surface area contributed by atoms with Crippen molar-refractivity contribution in [2.45, 2.75) is 30.8 Å². The molecule has 2 aromatic carbocycles. The van der Waals surface area contributed by atoms with Crippen molar-refractivity contribution in [2.75, 3.05) is 6.61 Å². The zero-order valence-electron chi connectivity index (χ0n) is 15.8. The topological polar surface area (TPSA) is 65.5 Å². The summed E-state index contributed by atoms with van der Waals surface area (Å²) in [7, 11) is -3.88. The van der Waals surface area contributed by atoms with Gasteiger partial charge in [0, 0.05) is 11.8 Å². The first-order chi connectivity index (χ1) is 13.9. The number of fused-ring (bicyclic) bond motifs is 1. The molecule has 3 aromatic rings. The molecule has 1 unspecified atom stereocenters. The van der Waals surface area contributed by atoms with Gasteiger partial charge in [0.25, 0.3) is 10.1 Å². The van der Waals surface area contributed by atoms with Gasteiger partial charge in [-0.3, -0.25) is 9.17 Å². The van der Waals surface area contributed by atoms with Crippen molar-refractivity contribution >= 4 is 10.1 Å². The van der Waals surface area contributed by atoms with E-state index in [0.717, 1.165) is 11.1 Å². The van der Waals surface area contributed by atoms with Crippen LogP contribution >= 0.6 is 0 Å². The standard InChI is InChI=1S/C22H20FNO4S/c1-15-5-9-19(10-6-15)29(25,26)27-14-18-8-7-16-12-17(23)13-20(22(16)28-18)21-4-2-3-11-24-21/h2-6,9-13,18H,7-8,14H2,1H3. The number of hydrogen-bond acceptors (Lipinski definition) is 5. The number of halogens is 1. The summed E-state index contributed by atoms with van der Waals surface area (Å²) in [5, 5.41) is 0. The lowest BCUT2D eigenvalue weighted by Gasteiger charge is -2.27. The number of pyridine rings is 1. The summed E-state index contributed by atoms with van der Waals surface area (Å²) >= 11 is 0. The molecule has 29 heavy (non-hydrogen) atoms. The second kappa shape index (κ2) is 7.93. The van der Waals surface area contributed by atoms with Crippen LogP contribution in [0.25, 0.3) is 11.3 Å². The summed E-state index contributed by atoms with van der Waals surface area (Å²) < 4.78 is 50.2. The highest BCUT2D eigenvalue weighted by molar-refractivity contribution is 7.86. The number of hydrogen-bond donors (Lipinski definition) is 0. The van der Waals surface area contributed by atoms with Gasteiger partial charge in [-0.25, -0.2) is 4.39 Å². The van der Waals surface area contributed by atoms with E-state index >= 15 is 0 Å². The van der Waals surface area contributed by atoms with Crippen molar-refractivity contribution in [2.24, 2.45) is 0 Å². The lowest BCUT2D eigenvalue weighted by atomic mass is 9.97. The molecule has 0 saturated heterocycles. The molecule has 1 aliphatic rings. The van der Waals surface area contributed by atoms with Crippen LogP contribution in [-0.2, 0) is 20.7 Å². The van der Waals surface area contributed by atoms with Crippen LogP contribution in [0.2, 0.25) is 0 Å². The molecule has 1 aromatic heterocycles. The number of ether oxygens (including phenoxy) is 1. The molecule has 0 saturated carbocycles. The van der Waals surface area contributed by atoms with E-state index in [1.165, 1.54) is 24.3 Å². The first-order valence-electron chi connectivity index (χ1n) is 9.29. The predicted molar refractivity (Wildman–Crippen MR) is 107 cm³/mol. The van der Waals surface area contributed by atoms with Crippen LogP contribution in [0, 0.1) is 12.7 Å². The van der Waals surface area contributed by atoms with E-state index in [-0.39, 0.29) is 17.3 Å². The van der Waals surface area contributed by atoms with Crippen LogP contribution in [-0.4, -0.2) is 26.1 Å². The first-order valence-corrected chi connectivity index (χ1v) is 10.7. The van der Waals surface area contributed by atoms with Gasteiger partial charge < -0.3 is 4.74 Å². The Labute approximate surface area is 169 Å². The van der Waals surface area contributed by atoms with Gasteiger partial charge >= 0.3 is 0 Å². The average Bonchev–Trinajstić information content (AvgIpc) is 2.73. The minimum Gasteiger partial charge on any atom is -0.487 e.